The van der Waals surface area contributed by atoms with Gasteiger partial charge in [-0.1, -0.05) is 29.7 Å². The number of ether oxygens (including phenoxy) is 5. The van der Waals surface area contributed by atoms with Crippen molar-refractivity contribution >= 4 is 16.7 Å². The first-order valence-corrected chi connectivity index (χ1v) is 14.8. The Morgan fingerprint density at radius 2 is 1.98 bits per heavy atom. The number of esters is 1. The largest absolute Gasteiger partial charge is 0.507 e. The fraction of sp³-hybridized carbons (Fsp3) is 0.441. The molecule has 4 aliphatic rings. The number of nitrogens with one attached hydrogen (secondary N) is 1. The van der Waals surface area contributed by atoms with Gasteiger partial charge in [-0.15, -0.1) is 0 Å². The van der Waals surface area contributed by atoms with Crippen LogP contribution >= 0.6 is 0 Å². The number of hydrogen-bond acceptors (Lipinski definition) is 12. The molecule has 2 aliphatic carbocycles. The quantitative estimate of drug-likeness (QED) is 0.132. The monoisotopic (exact) mass is 633 g/mol. The summed E-state index contributed by atoms with van der Waals surface area (Å²) in [5.41, 5.74) is 0.151. The molecule has 0 aromatic heterocycles. The molecule has 0 saturated carbocycles. The van der Waals surface area contributed by atoms with Gasteiger partial charge >= 0.3 is 5.97 Å². The highest BCUT2D eigenvalue weighted by Crippen LogP contribution is 2.41. The van der Waals surface area contributed by atoms with Crippen LogP contribution in [-0.4, -0.2) is 113 Å². The fourth-order valence-corrected chi connectivity index (χ4v) is 6.11. The Labute approximate surface area is 265 Å². The third-order valence-electron chi connectivity index (χ3n) is 8.83. The molecule has 0 amide bonds. The standard InChI is InChI=1S/C34H35NO11/c1-16-12-19(42-4)14-22-20(16)8-9-23(37)27(22)32(41)44-24-13-18-10-11-34(25(38)15-36)26(46-34)7-5-6-21(18)31(24)45-33-28(35-3)30(40)29(39)17(2)43-33/h6,8-9,12-14,17,24-26,28-31,33,35-40H,15H2,1-4H3/b21-6+. The number of carbonyl (C=O) groups excluding carboxylic acids is 1. The number of likely N-dealkylation sites (N-methyl/N-ethyl adjacent to an activating group) is 1. The van der Waals surface area contributed by atoms with Gasteiger partial charge in [0.2, 0.25) is 0 Å². The summed E-state index contributed by atoms with van der Waals surface area (Å²) in [4.78, 5) is 13.9. The average Bonchev–Trinajstić information content (AvgIpc) is 3.64. The Bertz CT molecular complexity index is 1750. The number of phenolic OH excluding ortho intramolecular Hbond substituents is 1. The topological polar surface area (TPSA) is 180 Å². The van der Waals surface area contributed by atoms with Crippen LogP contribution in [0.4, 0.5) is 0 Å². The normalized spacial score (nSPS) is 34.4. The molecular formula is C34H35NO11. The predicted octanol–water partition coefficient (Wildman–Crippen LogP) is 0.205. The molecule has 10 unspecified atom stereocenters. The van der Waals surface area contributed by atoms with Crippen molar-refractivity contribution < 1.29 is 54.0 Å². The molecule has 0 radical (unpaired) electrons. The van der Waals surface area contributed by atoms with E-state index in [4.69, 9.17) is 23.7 Å². The minimum atomic E-state index is -1.39. The summed E-state index contributed by atoms with van der Waals surface area (Å²) < 4.78 is 29.4. The average molecular weight is 634 g/mol. The molecule has 6 N–H and O–H groups in total. The molecule has 2 aliphatic heterocycles. The number of aryl methyl sites for hydroxylation is 1. The molecule has 46 heavy (non-hydrogen) atoms. The van der Waals surface area contributed by atoms with E-state index in [9.17, 15) is 30.3 Å². The maximum Gasteiger partial charge on any atom is 0.343 e. The third kappa shape index (κ3) is 5.43. The van der Waals surface area contributed by atoms with Gasteiger partial charge in [-0.2, -0.15) is 0 Å². The predicted molar refractivity (Wildman–Crippen MR) is 163 cm³/mol. The Hall–Kier alpha value is -3.95. The molecule has 6 rings (SSSR count). The molecule has 2 heterocycles. The summed E-state index contributed by atoms with van der Waals surface area (Å²) in [5, 5.41) is 56.1. The van der Waals surface area contributed by atoms with Crippen LogP contribution in [0.15, 0.2) is 47.6 Å². The number of carbonyl (C=O) groups is 1. The van der Waals surface area contributed by atoms with Gasteiger partial charge in [0.25, 0.3) is 0 Å². The lowest BCUT2D eigenvalue weighted by atomic mass is 9.97. The second kappa shape index (κ2) is 12.3. The molecule has 2 aromatic rings. The van der Waals surface area contributed by atoms with E-state index in [1.807, 2.05) is 13.0 Å². The minimum absolute atomic E-state index is 0.0777. The molecule has 2 fully saturated rings. The zero-order chi connectivity index (χ0) is 32.9. The van der Waals surface area contributed by atoms with Crippen LogP contribution in [0.5, 0.6) is 11.5 Å². The lowest BCUT2D eigenvalue weighted by molar-refractivity contribution is -0.273. The number of phenols is 1. The summed E-state index contributed by atoms with van der Waals surface area (Å²) in [6.07, 6.45) is -5.43. The van der Waals surface area contributed by atoms with Gasteiger partial charge in [0, 0.05) is 16.5 Å². The maximum absolute atomic E-state index is 13.9. The van der Waals surface area contributed by atoms with Crippen molar-refractivity contribution in [1.29, 1.82) is 0 Å². The molecular weight excluding hydrogens is 598 g/mol. The lowest BCUT2D eigenvalue weighted by Gasteiger charge is -2.42. The SMILES string of the molecule is CNC1C(OC2/C3=C/C#CC4OC4(C(O)CO)C#CC3=CC2OC(=O)c2c(O)ccc3c(C)cc(OC)cc23)OC(C)C(O)C1O. The first-order valence-electron chi connectivity index (χ1n) is 14.8. The number of fused-ring (bicyclic) bond motifs is 3. The first-order chi connectivity index (χ1) is 22.0. The van der Waals surface area contributed by atoms with Gasteiger partial charge in [-0.05, 0) is 62.2 Å². The van der Waals surface area contributed by atoms with Crippen LogP contribution in [0, 0.1) is 30.6 Å². The third-order valence-corrected chi connectivity index (χ3v) is 8.83. The molecule has 242 valence electrons. The van der Waals surface area contributed by atoms with Crippen LogP contribution in [0.2, 0.25) is 0 Å². The smallest absolute Gasteiger partial charge is 0.343 e. The van der Waals surface area contributed by atoms with Crippen LogP contribution in [0.3, 0.4) is 0 Å². The number of methoxy groups -OCH3 is 1. The number of aliphatic hydroxyl groups is 4. The lowest BCUT2D eigenvalue weighted by Crippen LogP contribution is -2.62. The molecule has 12 nitrogen and oxygen atoms in total. The molecule has 2 aromatic carbocycles. The van der Waals surface area contributed by atoms with E-state index in [2.05, 4.69) is 29.0 Å². The summed E-state index contributed by atoms with van der Waals surface area (Å²) in [6.45, 7) is 2.87. The van der Waals surface area contributed by atoms with Gasteiger partial charge in [0.15, 0.2) is 24.1 Å². The van der Waals surface area contributed by atoms with E-state index in [0.29, 0.717) is 27.7 Å². The summed E-state index contributed by atoms with van der Waals surface area (Å²) in [6, 6.07) is 5.71. The molecule has 0 bridgehead atoms. The van der Waals surface area contributed by atoms with Crippen molar-refractivity contribution in [2.75, 3.05) is 20.8 Å². The van der Waals surface area contributed by atoms with Gasteiger partial charge in [0.1, 0.15) is 41.5 Å². The Kier molecular flexibility index (Phi) is 8.59. The van der Waals surface area contributed by atoms with Gasteiger partial charge in [-0.3, -0.25) is 0 Å². The van der Waals surface area contributed by atoms with Crippen molar-refractivity contribution in [1.82, 2.24) is 5.32 Å². The van der Waals surface area contributed by atoms with Crippen LogP contribution < -0.4 is 10.1 Å². The number of aliphatic hydroxyl groups excluding tert-OH is 4. The van der Waals surface area contributed by atoms with E-state index in [0.717, 1.165) is 5.56 Å². The highest BCUT2D eigenvalue weighted by Gasteiger charge is 2.60. The van der Waals surface area contributed by atoms with E-state index in [-0.39, 0.29) is 11.3 Å². The van der Waals surface area contributed by atoms with Gasteiger partial charge in [0.05, 0.1) is 25.9 Å². The second-order valence-corrected chi connectivity index (χ2v) is 11.6. The van der Waals surface area contributed by atoms with Gasteiger partial charge in [-0.25, -0.2) is 4.79 Å². The summed E-state index contributed by atoms with van der Waals surface area (Å²) in [5.74, 6) is 11.0. The minimum Gasteiger partial charge on any atom is -0.507 e. The second-order valence-electron chi connectivity index (χ2n) is 11.6. The van der Waals surface area contributed by atoms with Crippen LogP contribution in [-0.2, 0) is 18.9 Å². The zero-order valence-electron chi connectivity index (χ0n) is 25.6. The number of benzene rings is 2. The Morgan fingerprint density at radius 1 is 1.20 bits per heavy atom. The highest BCUT2D eigenvalue weighted by molar-refractivity contribution is 6.08. The number of rotatable bonds is 8. The van der Waals surface area contributed by atoms with Crippen LogP contribution in [0.1, 0.15) is 22.8 Å². The number of epoxide rings is 1. The van der Waals surface area contributed by atoms with E-state index < -0.39 is 73.2 Å². The molecule has 0 spiro atoms. The van der Waals surface area contributed by atoms with Crippen molar-refractivity contribution in [3.05, 3.63) is 58.7 Å². The fourth-order valence-electron chi connectivity index (χ4n) is 6.11. The number of aromatic hydroxyl groups is 1. The number of allylic oxidation sites excluding steroid dienone is 1. The molecule has 2 saturated heterocycles. The van der Waals surface area contributed by atoms with E-state index in [1.165, 1.54) is 19.3 Å². The molecule has 12 heteroatoms. The van der Waals surface area contributed by atoms with Crippen molar-refractivity contribution in [3.63, 3.8) is 0 Å². The number of hydrogen-bond donors (Lipinski definition) is 6. The van der Waals surface area contributed by atoms with E-state index >= 15 is 0 Å². The van der Waals surface area contributed by atoms with Crippen LogP contribution in [0.25, 0.3) is 10.8 Å². The molecule has 10 atom stereocenters. The van der Waals surface area contributed by atoms with Crippen molar-refractivity contribution in [2.45, 2.75) is 74.5 Å². The first kappa shape index (κ1) is 32.0. The van der Waals surface area contributed by atoms with Gasteiger partial charge < -0.3 is 54.5 Å². The summed E-state index contributed by atoms with van der Waals surface area (Å²) >= 11 is 0. The van der Waals surface area contributed by atoms with Crippen molar-refractivity contribution in [2.24, 2.45) is 0 Å². The van der Waals surface area contributed by atoms with E-state index in [1.54, 1.807) is 32.2 Å². The highest BCUT2D eigenvalue weighted by atomic mass is 16.7. The van der Waals surface area contributed by atoms with Crippen molar-refractivity contribution in [3.8, 4) is 35.2 Å². The Balaban J connectivity index is 1.40. The zero-order valence-corrected chi connectivity index (χ0v) is 25.6. The Morgan fingerprint density at radius 3 is 2.70 bits per heavy atom. The maximum atomic E-state index is 13.9. The summed E-state index contributed by atoms with van der Waals surface area (Å²) in [7, 11) is 3.09.